The minimum atomic E-state index is 0.459. The van der Waals surface area contributed by atoms with Crippen molar-refractivity contribution in [2.45, 2.75) is 19.5 Å². The molecule has 0 radical (unpaired) electrons. The van der Waals surface area contributed by atoms with Gasteiger partial charge in [-0.1, -0.05) is 47.5 Å². The summed E-state index contributed by atoms with van der Waals surface area (Å²) in [5.41, 5.74) is 3.82. The van der Waals surface area contributed by atoms with Crippen molar-refractivity contribution in [1.29, 1.82) is 0 Å². The van der Waals surface area contributed by atoms with Gasteiger partial charge >= 0.3 is 0 Å². The maximum absolute atomic E-state index is 6.21. The Labute approximate surface area is 135 Å². The molecule has 1 aromatic heterocycles. The Morgan fingerprint density at radius 1 is 1.29 bits per heavy atom. The standard InChI is InChI=1S/C17H19ClN2S/c1-13-4-6-14(7-5-13)16-12-21-10-9-20(16)11-15-3-2-8-19-17(15)18/h2-8,16H,9-12H2,1H3. The molecular weight excluding hydrogens is 300 g/mol. The first kappa shape index (κ1) is 14.9. The molecule has 4 heteroatoms. The smallest absolute Gasteiger partial charge is 0.133 e. The SMILES string of the molecule is Cc1ccc(C2CSCCN2Cc2cccnc2Cl)cc1. The van der Waals surface area contributed by atoms with Crippen LogP contribution in [0.1, 0.15) is 22.7 Å². The Morgan fingerprint density at radius 2 is 2.10 bits per heavy atom. The summed E-state index contributed by atoms with van der Waals surface area (Å²) >= 11 is 8.25. The maximum atomic E-state index is 6.21. The number of hydrogen-bond donors (Lipinski definition) is 0. The highest BCUT2D eigenvalue weighted by molar-refractivity contribution is 7.99. The lowest BCUT2D eigenvalue weighted by Crippen LogP contribution is -2.35. The summed E-state index contributed by atoms with van der Waals surface area (Å²) in [7, 11) is 0. The van der Waals surface area contributed by atoms with Crippen LogP contribution in [0.2, 0.25) is 5.15 Å². The summed E-state index contributed by atoms with van der Waals surface area (Å²) < 4.78 is 0. The molecule has 1 saturated heterocycles. The van der Waals surface area contributed by atoms with Gasteiger partial charge in [-0.2, -0.15) is 11.8 Å². The van der Waals surface area contributed by atoms with E-state index in [2.05, 4.69) is 47.1 Å². The van der Waals surface area contributed by atoms with Crippen LogP contribution in [0.15, 0.2) is 42.6 Å². The summed E-state index contributed by atoms with van der Waals surface area (Å²) in [6.45, 7) is 4.09. The lowest BCUT2D eigenvalue weighted by Gasteiger charge is -2.35. The van der Waals surface area contributed by atoms with Gasteiger partial charge < -0.3 is 0 Å². The summed E-state index contributed by atoms with van der Waals surface area (Å²) in [6.07, 6.45) is 1.75. The topological polar surface area (TPSA) is 16.1 Å². The molecule has 1 unspecified atom stereocenters. The second-order valence-corrected chi connectivity index (χ2v) is 6.93. The predicted octanol–water partition coefficient (Wildman–Crippen LogP) is 4.33. The fourth-order valence-electron chi connectivity index (χ4n) is 2.68. The number of benzene rings is 1. The molecule has 0 N–H and O–H groups in total. The molecule has 2 nitrogen and oxygen atoms in total. The van der Waals surface area contributed by atoms with Gasteiger partial charge in [-0.3, -0.25) is 4.90 Å². The van der Waals surface area contributed by atoms with Crippen LogP contribution in [0.3, 0.4) is 0 Å². The number of hydrogen-bond acceptors (Lipinski definition) is 3. The first-order valence-electron chi connectivity index (χ1n) is 7.22. The van der Waals surface area contributed by atoms with Crippen LogP contribution < -0.4 is 0 Å². The predicted molar refractivity (Wildman–Crippen MR) is 90.9 cm³/mol. The van der Waals surface area contributed by atoms with Crippen molar-refractivity contribution >= 4 is 23.4 Å². The molecule has 0 bridgehead atoms. The van der Waals surface area contributed by atoms with Crippen molar-refractivity contribution < 1.29 is 0 Å². The van der Waals surface area contributed by atoms with Crippen LogP contribution in [0.25, 0.3) is 0 Å². The largest absolute Gasteiger partial charge is 0.290 e. The van der Waals surface area contributed by atoms with E-state index in [9.17, 15) is 0 Å². The number of halogens is 1. The molecule has 1 aliphatic heterocycles. The van der Waals surface area contributed by atoms with Gasteiger partial charge in [0.1, 0.15) is 5.15 Å². The highest BCUT2D eigenvalue weighted by Crippen LogP contribution is 2.31. The first-order chi connectivity index (χ1) is 10.2. The molecule has 3 rings (SSSR count). The number of pyridine rings is 1. The van der Waals surface area contributed by atoms with Gasteiger partial charge in [-0.25, -0.2) is 4.98 Å². The Hall–Kier alpha value is -1.03. The number of aryl methyl sites for hydroxylation is 1. The zero-order valence-electron chi connectivity index (χ0n) is 12.1. The molecular formula is C17H19ClN2S. The van der Waals surface area contributed by atoms with Crippen molar-refractivity contribution in [2.24, 2.45) is 0 Å². The highest BCUT2D eigenvalue weighted by atomic mass is 35.5. The molecule has 0 aliphatic carbocycles. The monoisotopic (exact) mass is 318 g/mol. The second kappa shape index (κ2) is 6.82. The van der Waals surface area contributed by atoms with E-state index in [1.807, 2.05) is 17.8 Å². The maximum Gasteiger partial charge on any atom is 0.133 e. The van der Waals surface area contributed by atoms with Crippen molar-refractivity contribution in [1.82, 2.24) is 9.88 Å². The molecule has 2 heterocycles. The fraction of sp³-hybridized carbons (Fsp3) is 0.353. The molecule has 1 fully saturated rings. The van der Waals surface area contributed by atoms with Gasteiger partial charge in [0.2, 0.25) is 0 Å². The van der Waals surface area contributed by atoms with Crippen LogP contribution in [0, 0.1) is 6.92 Å². The molecule has 1 atom stereocenters. The number of nitrogens with zero attached hydrogens (tertiary/aromatic N) is 2. The molecule has 0 amide bonds. The van der Waals surface area contributed by atoms with Crippen molar-refractivity contribution in [2.75, 3.05) is 18.1 Å². The number of aromatic nitrogens is 1. The summed E-state index contributed by atoms with van der Waals surface area (Å²) in [5, 5.41) is 0.624. The molecule has 1 aromatic carbocycles. The molecule has 110 valence electrons. The van der Waals surface area contributed by atoms with E-state index >= 15 is 0 Å². The molecule has 21 heavy (non-hydrogen) atoms. The van der Waals surface area contributed by atoms with E-state index < -0.39 is 0 Å². The Balaban J connectivity index is 1.81. The van der Waals surface area contributed by atoms with E-state index in [1.165, 1.54) is 16.9 Å². The van der Waals surface area contributed by atoms with Gasteiger partial charge in [-0.15, -0.1) is 0 Å². The number of thioether (sulfide) groups is 1. The van der Waals surface area contributed by atoms with Crippen LogP contribution in [0.5, 0.6) is 0 Å². The third kappa shape index (κ3) is 3.60. The van der Waals surface area contributed by atoms with Gasteiger partial charge in [0.05, 0.1) is 0 Å². The van der Waals surface area contributed by atoms with E-state index in [0.717, 1.165) is 24.4 Å². The lowest BCUT2D eigenvalue weighted by molar-refractivity contribution is 0.212. The molecule has 0 spiro atoms. The average molecular weight is 319 g/mol. The minimum absolute atomic E-state index is 0.459. The molecule has 0 saturated carbocycles. The minimum Gasteiger partial charge on any atom is -0.290 e. The van der Waals surface area contributed by atoms with Gasteiger partial charge in [0.15, 0.2) is 0 Å². The van der Waals surface area contributed by atoms with Crippen LogP contribution >= 0.6 is 23.4 Å². The summed E-state index contributed by atoms with van der Waals surface area (Å²) in [6, 6.07) is 13.4. The highest BCUT2D eigenvalue weighted by Gasteiger charge is 2.24. The third-order valence-corrected chi connectivity index (χ3v) is 5.27. The average Bonchev–Trinajstić information content (AvgIpc) is 2.51. The van der Waals surface area contributed by atoms with Gasteiger partial charge in [0.25, 0.3) is 0 Å². The summed E-state index contributed by atoms with van der Waals surface area (Å²) in [5.74, 6) is 2.32. The Morgan fingerprint density at radius 3 is 2.86 bits per heavy atom. The second-order valence-electron chi connectivity index (χ2n) is 5.43. The molecule has 1 aliphatic rings. The fourth-order valence-corrected chi connectivity index (χ4v) is 4.01. The van der Waals surface area contributed by atoms with Crippen LogP contribution in [0.4, 0.5) is 0 Å². The van der Waals surface area contributed by atoms with Gasteiger partial charge in [-0.05, 0) is 18.6 Å². The number of rotatable bonds is 3. The third-order valence-electron chi connectivity index (χ3n) is 3.91. The normalized spacial score (nSPS) is 19.6. The van der Waals surface area contributed by atoms with E-state index in [1.54, 1.807) is 6.20 Å². The Kier molecular flexibility index (Phi) is 4.84. The zero-order chi connectivity index (χ0) is 14.7. The van der Waals surface area contributed by atoms with E-state index in [-0.39, 0.29) is 0 Å². The Bertz CT molecular complexity index is 600. The molecule has 2 aromatic rings. The first-order valence-corrected chi connectivity index (χ1v) is 8.75. The van der Waals surface area contributed by atoms with Gasteiger partial charge in [0, 0.05) is 42.4 Å². The zero-order valence-corrected chi connectivity index (χ0v) is 13.7. The lowest BCUT2D eigenvalue weighted by atomic mass is 10.0. The van der Waals surface area contributed by atoms with Crippen molar-refractivity contribution in [3.05, 3.63) is 64.4 Å². The summed E-state index contributed by atoms with van der Waals surface area (Å²) in [4.78, 5) is 6.71. The van der Waals surface area contributed by atoms with Crippen LogP contribution in [-0.4, -0.2) is 27.9 Å². The quantitative estimate of drug-likeness (QED) is 0.783. The van der Waals surface area contributed by atoms with Crippen LogP contribution in [-0.2, 0) is 6.54 Å². The van der Waals surface area contributed by atoms with E-state index in [0.29, 0.717) is 11.2 Å². The van der Waals surface area contributed by atoms with Crippen molar-refractivity contribution in [3.63, 3.8) is 0 Å². The van der Waals surface area contributed by atoms with Crippen molar-refractivity contribution in [3.8, 4) is 0 Å². The van der Waals surface area contributed by atoms with E-state index in [4.69, 9.17) is 11.6 Å².